The summed E-state index contributed by atoms with van der Waals surface area (Å²) in [7, 11) is 0. The van der Waals surface area contributed by atoms with Crippen molar-refractivity contribution in [3.63, 3.8) is 0 Å². The number of amides is 1. The van der Waals surface area contributed by atoms with Gasteiger partial charge in [-0.1, -0.05) is 19.9 Å². The minimum Gasteiger partial charge on any atom is -0.485 e. The fourth-order valence-electron chi connectivity index (χ4n) is 2.74. The van der Waals surface area contributed by atoms with Crippen molar-refractivity contribution < 1.29 is 14.1 Å². The first-order chi connectivity index (χ1) is 12.8. The zero-order valence-corrected chi connectivity index (χ0v) is 15.9. The molecule has 1 amide bonds. The SMILES string of the molecule is Cc1ccc(OCc2cc(=O)n3oc(C)cc3n2)c(NC(=O)CC(C)C)c1. The van der Waals surface area contributed by atoms with Gasteiger partial charge in [0.1, 0.15) is 18.1 Å². The molecule has 3 aromatic rings. The van der Waals surface area contributed by atoms with Crippen LogP contribution in [0, 0.1) is 19.8 Å². The van der Waals surface area contributed by atoms with Gasteiger partial charge in [0.05, 0.1) is 11.4 Å². The number of hydrogen-bond acceptors (Lipinski definition) is 5. The average Bonchev–Trinajstić information content (AvgIpc) is 2.94. The number of rotatable bonds is 6. The second-order valence-electron chi connectivity index (χ2n) is 7.02. The summed E-state index contributed by atoms with van der Waals surface area (Å²) < 4.78 is 12.3. The van der Waals surface area contributed by atoms with Crippen molar-refractivity contribution >= 4 is 17.2 Å². The zero-order valence-electron chi connectivity index (χ0n) is 15.9. The summed E-state index contributed by atoms with van der Waals surface area (Å²) in [5.74, 6) is 1.34. The zero-order chi connectivity index (χ0) is 19.6. The lowest BCUT2D eigenvalue weighted by Gasteiger charge is -2.14. The molecule has 2 aromatic heterocycles. The van der Waals surface area contributed by atoms with E-state index in [-0.39, 0.29) is 24.0 Å². The Bertz CT molecular complexity index is 1030. The highest BCUT2D eigenvalue weighted by Crippen LogP contribution is 2.27. The summed E-state index contributed by atoms with van der Waals surface area (Å²) in [4.78, 5) is 28.6. The highest BCUT2D eigenvalue weighted by molar-refractivity contribution is 5.92. The molecule has 27 heavy (non-hydrogen) atoms. The monoisotopic (exact) mass is 369 g/mol. The summed E-state index contributed by atoms with van der Waals surface area (Å²) in [6, 6.07) is 8.63. The fourth-order valence-corrected chi connectivity index (χ4v) is 2.74. The first-order valence-corrected chi connectivity index (χ1v) is 8.84. The molecule has 7 nitrogen and oxygen atoms in total. The number of benzene rings is 1. The quantitative estimate of drug-likeness (QED) is 0.719. The van der Waals surface area contributed by atoms with Crippen LogP contribution in [0.5, 0.6) is 5.75 Å². The van der Waals surface area contributed by atoms with Gasteiger partial charge >= 0.3 is 0 Å². The molecule has 0 aliphatic rings. The van der Waals surface area contributed by atoms with Gasteiger partial charge in [0.2, 0.25) is 5.91 Å². The summed E-state index contributed by atoms with van der Waals surface area (Å²) in [6.45, 7) is 7.78. The minimum absolute atomic E-state index is 0.0629. The maximum Gasteiger partial charge on any atom is 0.287 e. The molecule has 0 bridgehead atoms. The number of nitrogens with zero attached hydrogens (tertiary/aromatic N) is 2. The highest BCUT2D eigenvalue weighted by atomic mass is 16.5. The third-order valence-electron chi connectivity index (χ3n) is 3.90. The molecule has 0 unspecified atom stereocenters. The van der Waals surface area contributed by atoms with Crippen molar-refractivity contribution in [2.45, 2.75) is 40.7 Å². The summed E-state index contributed by atoms with van der Waals surface area (Å²) >= 11 is 0. The van der Waals surface area contributed by atoms with Crippen LogP contribution in [0.25, 0.3) is 5.65 Å². The van der Waals surface area contributed by atoms with Gasteiger partial charge in [-0.05, 0) is 37.5 Å². The number of ether oxygens (including phenoxy) is 1. The van der Waals surface area contributed by atoms with Crippen LogP contribution in [0.4, 0.5) is 5.69 Å². The van der Waals surface area contributed by atoms with Gasteiger partial charge in [-0.2, -0.15) is 0 Å². The number of fused-ring (bicyclic) bond motifs is 1. The predicted octanol–water partition coefficient (Wildman–Crippen LogP) is 3.47. The molecule has 2 heterocycles. The molecule has 0 radical (unpaired) electrons. The van der Waals surface area contributed by atoms with Crippen molar-refractivity contribution in [2.24, 2.45) is 5.92 Å². The Morgan fingerprint density at radius 1 is 1.26 bits per heavy atom. The Balaban J connectivity index is 1.79. The van der Waals surface area contributed by atoms with Gasteiger partial charge in [0.25, 0.3) is 5.56 Å². The smallest absolute Gasteiger partial charge is 0.287 e. The van der Waals surface area contributed by atoms with Crippen LogP contribution >= 0.6 is 0 Å². The Kier molecular flexibility index (Phi) is 5.30. The summed E-state index contributed by atoms with van der Waals surface area (Å²) in [6.07, 6.45) is 0.433. The number of carbonyl (C=O) groups excluding carboxylic acids is 1. The number of hydrogen-bond donors (Lipinski definition) is 1. The van der Waals surface area contributed by atoms with E-state index in [1.165, 1.54) is 6.07 Å². The van der Waals surface area contributed by atoms with Crippen molar-refractivity contribution in [3.05, 3.63) is 57.7 Å². The number of carbonyl (C=O) groups is 1. The molecule has 0 atom stereocenters. The lowest BCUT2D eigenvalue weighted by molar-refractivity contribution is -0.116. The first-order valence-electron chi connectivity index (χ1n) is 8.84. The molecule has 0 saturated carbocycles. The van der Waals surface area contributed by atoms with E-state index < -0.39 is 0 Å². The molecule has 0 spiro atoms. The van der Waals surface area contributed by atoms with Crippen molar-refractivity contribution in [2.75, 3.05) is 5.32 Å². The molecule has 0 fully saturated rings. The molecular weight excluding hydrogens is 346 g/mol. The Hall–Kier alpha value is -3.09. The van der Waals surface area contributed by atoms with Crippen LogP contribution < -0.4 is 15.6 Å². The van der Waals surface area contributed by atoms with Crippen molar-refractivity contribution in [1.82, 2.24) is 9.56 Å². The Morgan fingerprint density at radius 2 is 2.04 bits per heavy atom. The molecule has 7 heteroatoms. The Morgan fingerprint density at radius 3 is 2.78 bits per heavy atom. The number of aryl methyl sites for hydroxylation is 2. The van der Waals surface area contributed by atoms with Crippen molar-refractivity contribution in [1.29, 1.82) is 0 Å². The van der Waals surface area contributed by atoms with Crippen LogP contribution in [0.3, 0.4) is 0 Å². The predicted molar refractivity (Wildman–Crippen MR) is 102 cm³/mol. The van der Waals surface area contributed by atoms with Gasteiger partial charge in [-0.3, -0.25) is 9.59 Å². The van der Waals surface area contributed by atoms with E-state index in [0.717, 1.165) is 10.1 Å². The van der Waals surface area contributed by atoms with Gasteiger partial charge in [0.15, 0.2) is 5.65 Å². The molecule has 0 aliphatic carbocycles. The fraction of sp³-hybridized carbons (Fsp3) is 0.350. The number of anilines is 1. The lowest BCUT2D eigenvalue weighted by atomic mass is 10.1. The minimum atomic E-state index is -0.305. The van der Waals surface area contributed by atoms with E-state index >= 15 is 0 Å². The molecule has 1 N–H and O–H groups in total. The van der Waals surface area contributed by atoms with Gasteiger partial charge < -0.3 is 14.6 Å². The lowest BCUT2D eigenvalue weighted by Crippen LogP contribution is -2.16. The largest absolute Gasteiger partial charge is 0.485 e. The Labute approximate surface area is 156 Å². The molecule has 0 saturated heterocycles. The normalized spacial score (nSPS) is 11.1. The molecule has 1 aromatic carbocycles. The van der Waals surface area contributed by atoms with E-state index in [9.17, 15) is 9.59 Å². The van der Waals surface area contributed by atoms with E-state index in [1.807, 2.05) is 32.9 Å². The maximum absolute atomic E-state index is 12.1. The highest BCUT2D eigenvalue weighted by Gasteiger charge is 2.12. The maximum atomic E-state index is 12.1. The number of aromatic nitrogens is 2. The summed E-state index contributed by atoms with van der Waals surface area (Å²) in [5.41, 5.74) is 2.24. The first kappa shape index (κ1) is 18.7. The molecule has 142 valence electrons. The van der Waals surface area contributed by atoms with Crippen LogP contribution in [-0.2, 0) is 11.4 Å². The van der Waals surface area contributed by atoms with E-state index in [0.29, 0.717) is 35.0 Å². The third-order valence-corrected chi connectivity index (χ3v) is 3.90. The van der Waals surface area contributed by atoms with Crippen LogP contribution in [0.15, 0.2) is 39.6 Å². The van der Waals surface area contributed by atoms with Gasteiger partial charge in [-0.25, -0.2) is 4.98 Å². The van der Waals surface area contributed by atoms with Gasteiger partial charge in [-0.15, -0.1) is 4.57 Å². The molecular formula is C20H23N3O4. The standard InChI is InChI=1S/C20H23N3O4/c1-12(2)7-19(24)22-16-8-13(3)5-6-17(16)26-11-15-10-20(25)23-18(21-15)9-14(4)27-23/h5-6,8-10,12H,7,11H2,1-4H3,(H,22,24). The third kappa shape index (κ3) is 4.55. The molecule has 3 rings (SSSR count). The second kappa shape index (κ2) is 7.65. The van der Waals surface area contributed by atoms with Crippen LogP contribution in [0.2, 0.25) is 0 Å². The average molecular weight is 369 g/mol. The number of nitrogens with one attached hydrogen (secondary N) is 1. The van der Waals surface area contributed by atoms with Crippen molar-refractivity contribution in [3.8, 4) is 5.75 Å². The van der Waals surface area contributed by atoms with E-state index in [4.69, 9.17) is 9.26 Å². The second-order valence-corrected chi connectivity index (χ2v) is 7.02. The van der Waals surface area contributed by atoms with Gasteiger partial charge in [0, 0.05) is 18.6 Å². The van der Waals surface area contributed by atoms with E-state index in [2.05, 4.69) is 10.3 Å². The van der Waals surface area contributed by atoms with Crippen LogP contribution in [-0.4, -0.2) is 15.5 Å². The summed E-state index contributed by atoms with van der Waals surface area (Å²) in [5, 5.41) is 2.90. The topological polar surface area (TPSA) is 85.8 Å². The van der Waals surface area contributed by atoms with E-state index in [1.54, 1.807) is 19.1 Å². The van der Waals surface area contributed by atoms with Crippen LogP contribution in [0.1, 0.15) is 37.3 Å². The molecule has 0 aliphatic heterocycles.